The number of ether oxygens (including phenoxy) is 2. The number of nitrogens with one attached hydrogen (secondary N) is 1. The molecular weight excluding hydrogens is 552 g/mol. The molecule has 1 aromatic heterocycles. The molecule has 40 heavy (non-hydrogen) atoms. The minimum Gasteiger partial charge on any atom is -0.493 e. The number of carbonyl (C=O) groups excluding carboxylic acids is 1. The van der Waals surface area contributed by atoms with Gasteiger partial charge in [0.25, 0.3) is 15.9 Å². The molecule has 0 spiro atoms. The van der Waals surface area contributed by atoms with Gasteiger partial charge in [-0.3, -0.25) is 9.10 Å². The summed E-state index contributed by atoms with van der Waals surface area (Å²) in [6.07, 6.45) is 1.52. The van der Waals surface area contributed by atoms with Gasteiger partial charge in [0.05, 0.1) is 31.0 Å². The number of hydrogen-bond acceptors (Lipinski definition) is 6. The van der Waals surface area contributed by atoms with Crippen LogP contribution in [0.2, 0.25) is 5.02 Å². The molecule has 9 nitrogen and oxygen atoms in total. The largest absolute Gasteiger partial charge is 0.493 e. The van der Waals surface area contributed by atoms with E-state index < -0.39 is 22.5 Å². The van der Waals surface area contributed by atoms with Gasteiger partial charge >= 0.3 is 0 Å². The van der Waals surface area contributed by atoms with E-state index in [-0.39, 0.29) is 10.6 Å². The number of aryl methyl sites for hydroxylation is 1. The number of methoxy groups -OCH3 is 2. The van der Waals surface area contributed by atoms with Crippen molar-refractivity contribution in [2.75, 3.05) is 25.1 Å². The van der Waals surface area contributed by atoms with Gasteiger partial charge in [0.2, 0.25) is 0 Å². The molecule has 208 valence electrons. The van der Waals surface area contributed by atoms with Crippen LogP contribution in [0.15, 0.2) is 88.9 Å². The second-order valence-electron chi connectivity index (χ2n) is 8.80. The topological polar surface area (TPSA) is 102 Å². The van der Waals surface area contributed by atoms with Crippen molar-refractivity contribution in [3.63, 3.8) is 0 Å². The minimum atomic E-state index is -4.10. The Bertz CT molecular complexity index is 1650. The highest BCUT2D eigenvalue weighted by atomic mass is 35.5. The summed E-state index contributed by atoms with van der Waals surface area (Å²) in [6.45, 7) is 3.37. The van der Waals surface area contributed by atoms with Crippen LogP contribution in [-0.2, 0) is 14.8 Å². The fourth-order valence-electron chi connectivity index (χ4n) is 4.29. The first kappa shape index (κ1) is 28.7. The molecule has 0 bridgehead atoms. The summed E-state index contributed by atoms with van der Waals surface area (Å²) in [5.74, 6) is 0.115. The fraction of sp³-hybridized carbons (Fsp3) is 0.172. The van der Waals surface area contributed by atoms with E-state index in [4.69, 9.17) is 21.1 Å². The van der Waals surface area contributed by atoms with Crippen LogP contribution in [0.5, 0.6) is 11.5 Å². The number of halogens is 1. The van der Waals surface area contributed by atoms with Crippen LogP contribution in [-0.4, -0.2) is 45.9 Å². The maximum atomic E-state index is 13.6. The third-order valence-corrected chi connectivity index (χ3v) is 8.23. The van der Waals surface area contributed by atoms with Crippen molar-refractivity contribution in [2.45, 2.75) is 18.7 Å². The molecule has 1 amide bonds. The number of hydrogen-bond donors (Lipinski definition) is 1. The van der Waals surface area contributed by atoms with E-state index in [0.717, 1.165) is 26.9 Å². The first-order valence-electron chi connectivity index (χ1n) is 12.2. The SMILES string of the molecule is COc1ccc(N(CC(=O)N/N=C\c2cc(C)n(-c3cccc(Cl)c3)c2C)S(=O)(=O)c2ccccc2)cc1OC. The van der Waals surface area contributed by atoms with Gasteiger partial charge in [-0.05, 0) is 62.4 Å². The number of amides is 1. The second-order valence-corrected chi connectivity index (χ2v) is 11.1. The highest BCUT2D eigenvalue weighted by molar-refractivity contribution is 7.92. The number of sulfonamides is 1. The quantitative estimate of drug-likeness (QED) is 0.207. The van der Waals surface area contributed by atoms with Crippen molar-refractivity contribution >= 4 is 39.4 Å². The first-order valence-corrected chi connectivity index (χ1v) is 14.0. The Morgan fingerprint density at radius 3 is 2.38 bits per heavy atom. The molecule has 11 heteroatoms. The molecule has 0 unspecified atom stereocenters. The molecular formula is C29H29ClN4O5S. The van der Waals surface area contributed by atoms with E-state index in [1.165, 1.54) is 38.6 Å². The molecule has 4 rings (SSSR count). The molecule has 0 atom stereocenters. The van der Waals surface area contributed by atoms with E-state index >= 15 is 0 Å². The highest BCUT2D eigenvalue weighted by Gasteiger charge is 2.28. The van der Waals surface area contributed by atoms with Crippen molar-refractivity contribution in [3.05, 3.63) is 101 Å². The summed E-state index contributed by atoms with van der Waals surface area (Å²) in [7, 11) is -1.18. The number of carbonyl (C=O) groups is 1. The van der Waals surface area contributed by atoms with Gasteiger partial charge in [-0.25, -0.2) is 13.8 Å². The Morgan fingerprint density at radius 2 is 1.70 bits per heavy atom. The van der Waals surface area contributed by atoms with Crippen molar-refractivity contribution in [3.8, 4) is 17.2 Å². The number of anilines is 1. The molecule has 0 fully saturated rings. The van der Waals surface area contributed by atoms with Crippen LogP contribution >= 0.6 is 11.6 Å². The third kappa shape index (κ3) is 6.13. The first-order chi connectivity index (χ1) is 19.1. The molecule has 1 heterocycles. The molecule has 3 aromatic carbocycles. The summed E-state index contributed by atoms with van der Waals surface area (Å²) in [5.41, 5.74) is 6.22. The van der Waals surface area contributed by atoms with Crippen LogP contribution in [0.1, 0.15) is 17.0 Å². The average molecular weight is 581 g/mol. The highest BCUT2D eigenvalue weighted by Crippen LogP contribution is 2.33. The molecule has 0 aliphatic rings. The summed E-state index contributed by atoms with van der Waals surface area (Å²) in [6, 6.07) is 21.9. The Balaban J connectivity index is 1.59. The molecule has 0 aliphatic heterocycles. The predicted octanol–water partition coefficient (Wildman–Crippen LogP) is 5.11. The second kappa shape index (κ2) is 12.3. The van der Waals surface area contributed by atoms with Crippen LogP contribution in [0.25, 0.3) is 5.69 Å². The lowest BCUT2D eigenvalue weighted by Crippen LogP contribution is -2.39. The van der Waals surface area contributed by atoms with Gasteiger partial charge in [-0.2, -0.15) is 5.10 Å². The standard InChI is InChI=1S/C29H29ClN4O5S/c1-20-15-22(21(2)34(20)25-10-8-9-23(30)16-25)18-31-32-29(35)19-33(40(36,37)26-11-6-5-7-12-26)24-13-14-27(38-3)28(17-24)39-4/h5-18H,19H2,1-4H3,(H,32,35)/b31-18-. The van der Waals surface area contributed by atoms with Crippen molar-refractivity contribution < 1.29 is 22.7 Å². The zero-order valence-corrected chi connectivity index (χ0v) is 24.0. The zero-order chi connectivity index (χ0) is 28.9. The van der Waals surface area contributed by atoms with E-state index in [0.29, 0.717) is 16.5 Å². The van der Waals surface area contributed by atoms with Crippen LogP contribution in [0, 0.1) is 13.8 Å². The lowest BCUT2D eigenvalue weighted by atomic mass is 10.2. The molecule has 4 aromatic rings. The van der Waals surface area contributed by atoms with Gasteiger partial charge in [-0.15, -0.1) is 0 Å². The van der Waals surface area contributed by atoms with Gasteiger partial charge in [0.1, 0.15) is 6.54 Å². The number of nitrogens with zero attached hydrogens (tertiary/aromatic N) is 3. The predicted molar refractivity (Wildman–Crippen MR) is 157 cm³/mol. The number of hydrazone groups is 1. The Morgan fingerprint density at radius 1 is 0.975 bits per heavy atom. The summed E-state index contributed by atoms with van der Waals surface area (Å²) >= 11 is 6.17. The van der Waals surface area contributed by atoms with Crippen LogP contribution < -0.4 is 19.2 Å². The molecule has 1 N–H and O–H groups in total. The van der Waals surface area contributed by atoms with E-state index in [2.05, 4.69) is 10.5 Å². The minimum absolute atomic E-state index is 0.0366. The molecule has 0 aliphatic carbocycles. The molecule has 0 saturated carbocycles. The van der Waals surface area contributed by atoms with Gasteiger partial charge < -0.3 is 14.0 Å². The number of aromatic nitrogens is 1. The number of rotatable bonds is 10. The summed E-state index contributed by atoms with van der Waals surface area (Å²) in [4.78, 5) is 13.0. The Labute approximate surface area is 238 Å². The lowest BCUT2D eigenvalue weighted by Gasteiger charge is -2.24. The Hall–Kier alpha value is -4.28. The summed E-state index contributed by atoms with van der Waals surface area (Å²) < 4.78 is 40.8. The maximum Gasteiger partial charge on any atom is 0.264 e. The van der Waals surface area contributed by atoms with E-state index in [1.54, 1.807) is 36.4 Å². The fourth-order valence-corrected chi connectivity index (χ4v) is 5.90. The lowest BCUT2D eigenvalue weighted by molar-refractivity contribution is -0.119. The van der Waals surface area contributed by atoms with Crippen molar-refractivity contribution in [1.29, 1.82) is 0 Å². The van der Waals surface area contributed by atoms with Gasteiger partial charge in [0.15, 0.2) is 11.5 Å². The zero-order valence-electron chi connectivity index (χ0n) is 22.5. The summed E-state index contributed by atoms with van der Waals surface area (Å²) in [5, 5.41) is 4.72. The normalized spacial score (nSPS) is 11.4. The monoisotopic (exact) mass is 580 g/mol. The average Bonchev–Trinajstić information content (AvgIpc) is 3.24. The smallest absolute Gasteiger partial charge is 0.264 e. The third-order valence-electron chi connectivity index (χ3n) is 6.20. The van der Waals surface area contributed by atoms with Crippen LogP contribution in [0.3, 0.4) is 0 Å². The van der Waals surface area contributed by atoms with E-state index in [9.17, 15) is 13.2 Å². The van der Waals surface area contributed by atoms with Crippen molar-refractivity contribution in [2.24, 2.45) is 5.10 Å². The molecule has 0 radical (unpaired) electrons. The van der Waals surface area contributed by atoms with E-state index in [1.807, 2.05) is 42.7 Å². The van der Waals surface area contributed by atoms with Gasteiger partial charge in [0, 0.05) is 33.7 Å². The number of benzene rings is 3. The van der Waals surface area contributed by atoms with Crippen LogP contribution in [0.4, 0.5) is 5.69 Å². The maximum absolute atomic E-state index is 13.6. The van der Waals surface area contributed by atoms with Gasteiger partial charge in [-0.1, -0.05) is 35.9 Å². The molecule has 0 saturated heterocycles. The van der Waals surface area contributed by atoms with Crippen molar-refractivity contribution in [1.82, 2.24) is 9.99 Å². The Kier molecular flexibility index (Phi) is 8.81.